The number of esters is 1. The Labute approximate surface area is 178 Å². The van der Waals surface area contributed by atoms with Gasteiger partial charge in [-0.05, 0) is 0 Å². The van der Waals surface area contributed by atoms with Crippen LogP contribution in [0, 0.1) is 25.8 Å². The van der Waals surface area contributed by atoms with Gasteiger partial charge in [0.25, 0.3) is 11.6 Å². The minimum atomic E-state index is -4.94. The highest BCUT2D eigenvalue weighted by molar-refractivity contribution is 5.86. The van der Waals surface area contributed by atoms with E-state index in [1.807, 2.05) is 0 Å². The van der Waals surface area contributed by atoms with Crippen molar-refractivity contribution in [2.24, 2.45) is 5.41 Å². The first-order valence-electron chi connectivity index (χ1n) is 8.46. The van der Waals surface area contributed by atoms with Gasteiger partial charge >= 0.3 is 5.97 Å². The Hall–Kier alpha value is -3.10. The van der Waals surface area contributed by atoms with Crippen molar-refractivity contribution in [3.63, 3.8) is 0 Å². The molecule has 1 aliphatic heterocycles. The summed E-state index contributed by atoms with van der Waals surface area (Å²) < 4.78 is 44.6. The second-order valence-corrected chi connectivity index (χ2v) is 7.54. The predicted molar refractivity (Wildman–Crippen MR) is 91.3 cm³/mol. The van der Waals surface area contributed by atoms with Crippen LogP contribution in [0.2, 0.25) is 0 Å². The molecule has 1 unspecified atom stereocenters. The Morgan fingerprint density at radius 1 is 1.29 bits per heavy atom. The molecule has 13 nitrogen and oxygen atoms in total. The summed E-state index contributed by atoms with van der Waals surface area (Å²) in [6.07, 6.45) is 2.28. The van der Waals surface area contributed by atoms with Crippen molar-refractivity contribution in [3.8, 4) is 0 Å². The number of nitro benzene ring substituents is 1. The lowest BCUT2D eigenvalue weighted by atomic mass is 9.87. The van der Waals surface area contributed by atoms with E-state index in [2.05, 4.69) is 10.3 Å². The van der Waals surface area contributed by atoms with Crippen molar-refractivity contribution in [2.45, 2.75) is 26.9 Å². The summed E-state index contributed by atoms with van der Waals surface area (Å²) in [5.41, 5.74) is -0.0569. The van der Waals surface area contributed by atoms with E-state index in [4.69, 9.17) is 28.1 Å². The molecule has 1 heterocycles. The van der Waals surface area contributed by atoms with Gasteiger partial charge in [-0.1, -0.05) is 13.8 Å². The minimum absolute atomic E-state index is 0.00172. The monoisotopic (exact) mass is 461 g/mol. The number of carbonyl (C=O) groups excluding carboxylic acids is 2. The highest BCUT2D eigenvalue weighted by atomic mass is 35.7. The van der Waals surface area contributed by atoms with Gasteiger partial charge in [-0.25, -0.2) is 23.6 Å². The van der Waals surface area contributed by atoms with Crippen molar-refractivity contribution in [1.29, 1.82) is 0 Å². The Balaban J connectivity index is 0.000000861. The summed E-state index contributed by atoms with van der Waals surface area (Å²) in [5, 5.41) is 13.2. The zero-order valence-corrected chi connectivity index (χ0v) is 17.4. The molecule has 0 spiro atoms. The molecular formula is C17H20ClN3O10. The molecule has 0 aromatic heterocycles. The number of nitrogens with one attached hydrogen (secondary N) is 2. The van der Waals surface area contributed by atoms with Crippen LogP contribution >= 0.6 is 0 Å². The largest absolute Gasteiger partial charge is 0.465 e. The summed E-state index contributed by atoms with van der Waals surface area (Å²) in [4.78, 5) is 36.1. The second-order valence-electron chi connectivity index (χ2n) is 6.78. The topological polar surface area (TPSA) is 214 Å². The fraction of sp³-hybridized carbons (Fsp3) is 0.353. The van der Waals surface area contributed by atoms with Gasteiger partial charge in [0.05, 0.1) is 11.0 Å². The molecule has 2 N–H and O–H groups in total. The molecule has 170 valence electrons. The summed E-state index contributed by atoms with van der Waals surface area (Å²) in [7, 11) is -4.94. The van der Waals surface area contributed by atoms with E-state index in [0.29, 0.717) is 5.69 Å². The van der Waals surface area contributed by atoms with Gasteiger partial charge in [-0.3, -0.25) is 25.0 Å². The van der Waals surface area contributed by atoms with Crippen molar-refractivity contribution >= 4 is 29.5 Å². The molecule has 1 aromatic carbocycles. The van der Waals surface area contributed by atoms with E-state index in [9.17, 15) is 19.7 Å². The van der Waals surface area contributed by atoms with Gasteiger partial charge in [0.1, 0.15) is 6.61 Å². The van der Waals surface area contributed by atoms with E-state index in [1.165, 1.54) is 31.3 Å². The Morgan fingerprint density at radius 2 is 1.84 bits per heavy atom. The standard InChI is InChI=1S/C17H19N3O6.ClHO4/c1-11(21)25-10-17(2,3)15-16(22)19-14(26-15)8-9-18-12-4-6-13(7-5-12)20(23)24;2-1(3,4)5/h4-9,15H,10H2,1-3H3,(H,19,22);(H,2,3,4,5)/b14-8-,18-9?;. The van der Waals surface area contributed by atoms with Crippen LogP contribution in [0.15, 0.2) is 36.2 Å². The predicted octanol–water partition coefficient (Wildman–Crippen LogP) is -4.43. The highest BCUT2D eigenvalue weighted by Gasteiger charge is 2.43. The molecule has 1 fully saturated rings. The fourth-order valence-electron chi connectivity index (χ4n) is 2.25. The van der Waals surface area contributed by atoms with Gasteiger partial charge < -0.3 is 9.47 Å². The lowest BCUT2D eigenvalue weighted by molar-refractivity contribution is -2.00. The summed E-state index contributed by atoms with van der Waals surface area (Å²) in [6.45, 7) is 4.89. The number of halogens is 1. The van der Waals surface area contributed by atoms with E-state index in [0.717, 1.165) is 0 Å². The molecule has 31 heavy (non-hydrogen) atoms. The fourth-order valence-corrected chi connectivity index (χ4v) is 2.25. The van der Waals surface area contributed by atoms with Crippen LogP contribution in [0.1, 0.15) is 20.8 Å². The third kappa shape index (κ3) is 9.97. The number of nitro groups is 1. The lowest BCUT2D eigenvalue weighted by Gasteiger charge is -2.27. The number of allylic oxidation sites excluding steroid dienone is 1. The van der Waals surface area contributed by atoms with E-state index in [-0.39, 0.29) is 24.1 Å². The quantitative estimate of drug-likeness (QED) is 0.179. The average molecular weight is 462 g/mol. The molecule has 1 saturated heterocycles. The molecule has 1 aromatic rings. The second kappa shape index (κ2) is 10.8. The van der Waals surface area contributed by atoms with E-state index >= 15 is 0 Å². The number of amides is 1. The Bertz CT molecular complexity index is 856. The first-order chi connectivity index (χ1) is 14.2. The smallest absolute Gasteiger partial charge is 0.302 e. The first-order valence-corrected chi connectivity index (χ1v) is 9.69. The van der Waals surface area contributed by atoms with Gasteiger partial charge in [-0.2, -0.15) is 0 Å². The summed E-state index contributed by atoms with van der Waals surface area (Å²) in [6, 6.07) is 5.88. The van der Waals surface area contributed by atoms with Crippen LogP contribution in [0.25, 0.3) is 0 Å². The molecule has 0 saturated carbocycles. The molecule has 1 atom stereocenters. The van der Waals surface area contributed by atoms with Crippen LogP contribution in [-0.2, 0) is 19.1 Å². The Kier molecular flexibility index (Phi) is 9.02. The van der Waals surface area contributed by atoms with Crippen LogP contribution in [-0.4, -0.2) is 35.7 Å². The summed E-state index contributed by atoms with van der Waals surface area (Å²) in [5.74, 6) is -0.490. The molecule has 0 radical (unpaired) electrons. The molecule has 0 bridgehead atoms. The number of hydrogen-bond acceptors (Lipinski definition) is 10. The van der Waals surface area contributed by atoms with Crippen LogP contribution < -0.4 is 28.9 Å². The SMILES string of the molecule is CC(=O)OCC(C)(C)C1O/C(=C\C=[NH+]c2ccc([N+](=O)[O-])cc2)NC1=O.[O-][Cl+3]([O-])([O-])[O-]. The minimum Gasteiger partial charge on any atom is -0.465 e. The van der Waals surface area contributed by atoms with Crippen LogP contribution in [0.4, 0.5) is 11.4 Å². The zero-order valence-electron chi connectivity index (χ0n) is 16.7. The maximum absolute atomic E-state index is 12.1. The van der Waals surface area contributed by atoms with E-state index < -0.39 is 32.7 Å². The number of ether oxygens (including phenoxy) is 2. The van der Waals surface area contributed by atoms with E-state index in [1.54, 1.807) is 26.0 Å². The van der Waals surface area contributed by atoms with Crippen molar-refractivity contribution < 1.29 is 57.9 Å². The zero-order chi connectivity index (χ0) is 23.8. The maximum Gasteiger partial charge on any atom is 0.302 e. The molecule has 2 rings (SSSR count). The van der Waals surface area contributed by atoms with Crippen molar-refractivity contribution in [2.75, 3.05) is 6.61 Å². The third-order valence-electron chi connectivity index (χ3n) is 3.65. The summed E-state index contributed by atoms with van der Waals surface area (Å²) >= 11 is 0. The molecule has 14 heteroatoms. The number of non-ortho nitro benzene ring substituents is 1. The van der Waals surface area contributed by atoms with Crippen molar-refractivity contribution in [1.82, 2.24) is 5.32 Å². The van der Waals surface area contributed by atoms with Gasteiger partial charge in [0.15, 0.2) is 18.2 Å². The van der Waals surface area contributed by atoms with Crippen molar-refractivity contribution in [3.05, 3.63) is 46.3 Å². The van der Waals surface area contributed by atoms with Crippen LogP contribution in [0.3, 0.4) is 0 Å². The number of hydrogen-bond donors (Lipinski definition) is 2. The van der Waals surface area contributed by atoms with Gasteiger partial charge in [-0.15, -0.1) is 10.2 Å². The number of nitrogens with zero attached hydrogens (tertiary/aromatic N) is 1. The third-order valence-corrected chi connectivity index (χ3v) is 3.65. The Morgan fingerprint density at radius 3 is 2.32 bits per heavy atom. The lowest BCUT2D eigenvalue weighted by Crippen LogP contribution is -2.68. The van der Waals surface area contributed by atoms with Crippen LogP contribution in [0.5, 0.6) is 0 Å². The molecule has 1 amide bonds. The molecule has 0 aliphatic carbocycles. The first kappa shape index (κ1) is 25.9. The van der Waals surface area contributed by atoms with Gasteiger partial charge in [0, 0.05) is 36.6 Å². The highest BCUT2D eigenvalue weighted by Crippen LogP contribution is 2.29. The van der Waals surface area contributed by atoms with Gasteiger partial charge in [0.2, 0.25) is 5.69 Å². The number of carbonyl (C=O) groups is 2. The number of rotatable bonds is 6. The maximum atomic E-state index is 12.1. The average Bonchev–Trinajstić information content (AvgIpc) is 3.01. The normalized spacial score (nSPS) is 17.6. The molecule has 1 aliphatic rings. The number of benzene rings is 1. The molecular weight excluding hydrogens is 442 g/mol.